The Morgan fingerprint density at radius 1 is 0.788 bits per heavy atom. The molecule has 0 bridgehead atoms. The average Bonchev–Trinajstić information content (AvgIpc) is 2.70. The maximum Gasteiger partial charge on any atom is 0.303 e. The van der Waals surface area contributed by atoms with Crippen LogP contribution in [0.1, 0.15) is 59.8 Å². The van der Waals surface area contributed by atoms with E-state index in [-0.39, 0.29) is 17.9 Å². The first kappa shape index (κ1) is 26.8. The van der Waals surface area contributed by atoms with E-state index < -0.39 is 54.5 Å². The van der Waals surface area contributed by atoms with Crippen molar-refractivity contribution in [1.29, 1.82) is 0 Å². The first-order chi connectivity index (χ1) is 15.6. The summed E-state index contributed by atoms with van der Waals surface area (Å²) in [7, 11) is 0. The van der Waals surface area contributed by atoms with Crippen LogP contribution in [-0.2, 0) is 47.6 Å². The summed E-state index contributed by atoms with van der Waals surface area (Å²) in [4.78, 5) is 46.8. The number of ether oxygens (including phenoxy) is 6. The van der Waals surface area contributed by atoms with Crippen molar-refractivity contribution in [3.05, 3.63) is 0 Å². The molecule has 1 saturated heterocycles. The number of thiocarbonyl (C=S) groups is 1. The van der Waals surface area contributed by atoms with Crippen LogP contribution in [0.5, 0.6) is 0 Å². The molecule has 1 heterocycles. The van der Waals surface area contributed by atoms with Gasteiger partial charge < -0.3 is 33.7 Å². The second-order valence-corrected chi connectivity index (χ2v) is 8.30. The Hall–Kier alpha value is -2.47. The van der Waals surface area contributed by atoms with Crippen LogP contribution < -0.4 is 5.32 Å². The molecule has 5 atom stereocenters. The fourth-order valence-electron chi connectivity index (χ4n) is 3.83. The van der Waals surface area contributed by atoms with Crippen LogP contribution in [0.25, 0.3) is 0 Å². The van der Waals surface area contributed by atoms with E-state index in [2.05, 4.69) is 5.32 Å². The van der Waals surface area contributed by atoms with Gasteiger partial charge in [-0.15, -0.1) is 0 Å². The Kier molecular flexibility index (Phi) is 10.3. The first-order valence-electron chi connectivity index (χ1n) is 10.8. The summed E-state index contributed by atoms with van der Waals surface area (Å²) in [6, 6.07) is 0. The van der Waals surface area contributed by atoms with Gasteiger partial charge in [-0.2, -0.15) is 0 Å². The molecule has 0 unspecified atom stereocenters. The number of nitrogens with one attached hydrogen (secondary N) is 1. The number of hydrogen-bond acceptors (Lipinski definition) is 11. The molecule has 0 aromatic rings. The van der Waals surface area contributed by atoms with Crippen LogP contribution in [0.15, 0.2) is 0 Å². The summed E-state index contributed by atoms with van der Waals surface area (Å²) in [5.41, 5.74) is 0. The maximum atomic E-state index is 11.8. The zero-order valence-electron chi connectivity index (χ0n) is 19.2. The zero-order valence-corrected chi connectivity index (χ0v) is 20.0. The highest BCUT2D eigenvalue weighted by molar-refractivity contribution is 7.80. The molecule has 2 rings (SSSR count). The van der Waals surface area contributed by atoms with Crippen LogP contribution in [0.4, 0.5) is 0 Å². The molecule has 11 nitrogen and oxygen atoms in total. The molecule has 2 aliphatic rings. The molecule has 1 aliphatic carbocycles. The van der Waals surface area contributed by atoms with Gasteiger partial charge in [0.25, 0.3) is 5.17 Å². The SMILES string of the molecule is CC(=O)OC[C@H]1O[C@@H](NC(=S)OC2CCCCC2)[C@H](OC(C)=O)[C@@H](OC(C)=O)[C@@H]1OC(C)=O. The molecule has 186 valence electrons. The minimum Gasteiger partial charge on any atom is -0.468 e. The van der Waals surface area contributed by atoms with E-state index in [1.807, 2.05) is 0 Å². The van der Waals surface area contributed by atoms with E-state index in [0.717, 1.165) is 46.0 Å². The highest BCUT2D eigenvalue weighted by Gasteiger charge is 2.52. The molecule has 12 heteroatoms. The lowest BCUT2D eigenvalue weighted by atomic mass is 9.97. The summed E-state index contributed by atoms with van der Waals surface area (Å²) in [5.74, 6) is -2.68. The van der Waals surface area contributed by atoms with Crippen molar-refractivity contribution in [1.82, 2.24) is 5.32 Å². The van der Waals surface area contributed by atoms with Gasteiger partial charge >= 0.3 is 23.9 Å². The zero-order chi connectivity index (χ0) is 24.5. The van der Waals surface area contributed by atoms with Crippen molar-refractivity contribution >= 4 is 41.3 Å². The lowest BCUT2D eigenvalue weighted by Gasteiger charge is -2.44. The standard InChI is InChI=1S/C21H31NO10S/c1-11(23)27-10-16-17(28-12(2)24)18(29-13(3)25)19(30-14(4)26)20(32-16)22-21(33)31-15-8-6-5-7-9-15/h15-20H,5-10H2,1-4H3,(H,22,33)/t16-,17-,18+,19-,20-/m1/s1. The van der Waals surface area contributed by atoms with E-state index in [0.29, 0.717) is 0 Å². The van der Waals surface area contributed by atoms with Crippen LogP contribution in [-0.4, -0.2) is 72.4 Å². The monoisotopic (exact) mass is 489 g/mol. The van der Waals surface area contributed by atoms with Crippen LogP contribution >= 0.6 is 12.2 Å². The first-order valence-corrected chi connectivity index (χ1v) is 11.2. The minimum absolute atomic E-state index is 0.0165. The topological polar surface area (TPSA) is 136 Å². The number of carbonyl (C=O) groups excluding carboxylic acids is 4. The molecule has 1 N–H and O–H groups in total. The van der Waals surface area contributed by atoms with Crippen LogP contribution in [0.3, 0.4) is 0 Å². The van der Waals surface area contributed by atoms with Crippen molar-refractivity contribution < 1.29 is 47.6 Å². The van der Waals surface area contributed by atoms with Crippen molar-refractivity contribution in [3.8, 4) is 0 Å². The quantitative estimate of drug-likeness (QED) is 0.313. The smallest absolute Gasteiger partial charge is 0.303 e. The van der Waals surface area contributed by atoms with E-state index in [9.17, 15) is 19.2 Å². The summed E-state index contributed by atoms with van der Waals surface area (Å²) in [6.45, 7) is 4.38. The Morgan fingerprint density at radius 3 is 1.88 bits per heavy atom. The average molecular weight is 490 g/mol. The van der Waals surface area contributed by atoms with Crippen molar-refractivity contribution in [3.63, 3.8) is 0 Å². The third-order valence-electron chi connectivity index (χ3n) is 5.08. The van der Waals surface area contributed by atoms with Gasteiger partial charge in [0.15, 0.2) is 24.5 Å². The molecule has 2 fully saturated rings. The van der Waals surface area contributed by atoms with Crippen LogP contribution in [0.2, 0.25) is 0 Å². The number of carbonyl (C=O) groups is 4. The van der Waals surface area contributed by atoms with Gasteiger partial charge in [-0.25, -0.2) is 0 Å². The van der Waals surface area contributed by atoms with Gasteiger partial charge in [0.05, 0.1) is 0 Å². The van der Waals surface area contributed by atoms with Gasteiger partial charge in [0, 0.05) is 27.7 Å². The summed E-state index contributed by atoms with van der Waals surface area (Å²) in [6.07, 6.45) is -1.04. The number of hydrogen-bond donors (Lipinski definition) is 1. The van der Waals surface area contributed by atoms with E-state index in [1.165, 1.54) is 13.8 Å². The number of esters is 4. The lowest BCUT2D eigenvalue weighted by Crippen LogP contribution is -2.66. The molecule has 1 saturated carbocycles. The molecule has 0 amide bonds. The fourth-order valence-corrected chi connectivity index (χ4v) is 4.08. The highest BCUT2D eigenvalue weighted by atomic mass is 32.1. The third-order valence-corrected chi connectivity index (χ3v) is 5.29. The second-order valence-electron chi connectivity index (χ2n) is 7.93. The molecule has 1 aliphatic heterocycles. The second kappa shape index (κ2) is 12.7. The Bertz CT molecular complexity index is 739. The van der Waals surface area contributed by atoms with Gasteiger partial charge in [0.2, 0.25) is 0 Å². The minimum atomic E-state index is -1.26. The Balaban J connectivity index is 2.29. The molecule has 0 radical (unpaired) electrons. The van der Waals surface area contributed by atoms with E-state index in [1.54, 1.807) is 0 Å². The van der Waals surface area contributed by atoms with Crippen LogP contribution in [0, 0.1) is 0 Å². The molecule has 0 aromatic carbocycles. The largest absolute Gasteiger partial charge is 0.468 e. The molecule has 33 heavy (non-hydrogen) atoms. The number of rotatable bonds is 7. The maximum absolute atomic E-state index is 11.8. The predicted octanol–water partition coefficient (Wildman–Crippen LogP) is 1.29. The molecular formula is C21H31NO10S. The molecule has 0 aromatic heterocycles. The van der Waals surface area contributed by atoms with Gasteiger partial charge in [-0.1, -0.05) is 6.42 Å². The Labute approximate surface area is 197 Å². The molecule has 0 spiro atoms. The fraction of sp³-hybridized carbons (Fsp3) is 0.762. The highest BCUT2D eigenvalue weighted by Crippen LogP contribution is 2.29. The summed E-state index contributed by atoms with van der Waals surface area (Å²) < 4.78 is 32.9. The predicted molar refractivity (Wildman–Crippen MR) is 116 cm³/mol. The molecular weight excluding hydrogens is 458 g/mol. The summed E-state index contributed by atoms with van der Waals surface area (Å²) in [5, 5.41) is 2.87. The van der Waals surface area contributed by atoms with E-state index >= 15 is 0 Å². The lowest BCUT2D eigenvalue weighted by molar-refractivity contribution is -0.255. The van der Waals surface area contributed by atoms with Gasteiger partial charge in [-0.3, -0.25) is 19.2 Å². The van der Waals surface area contributed by atoms with Crippen molar-refractivity contribution in [2.75, 3.05) is 6.61 Å². The van der Waals surface area contributed by atoms with Crippen molar-refractivity contribution in [2.45, 2.75) is 96.5 Å². The summed E-state index contributed by atoms with van der Waals surface area (Å²) >= 11 is 5.32. The van der Waals surface area contributed by atoms with Gasteiger partial charge in [0.1, 0.15) is 18.8 Å². The van der Waals surface area contributed by atoms with E-state index in [4.69, 9.17) is 40.6 Å². The third kappa shape index (κ3) is 8.77. The van der Waals surface area contributed by atoms with Gasteiger partial charge in [-0.05, 0) is 37.9 Å². The Morgan fingerprint density at radius 2 is 1.33 bits per heavy atom. The van der Waals surface area contributed by atoms with Crippen molar-refractivity contribution in [2.24, 2.45) is 0 Å². The normalized spacial score (nSPS) is 27.6.